The van der Waals surface area contributed by atoms with Crippen molar-refractivity contribution in [1.82, 2.24) is 5.32 Å². The number of halogens is 1. The number of benzene rings is 1. The summed E-state index contributed by atoms with van der Waals surface area (Å²) in [6, 6.07) is 7.68. The van der Waals surface area contributed by atoms with E-state index in [0.29, 0.717) is 12.0 Å². The molecule has 1 unspecified atom stereocenters. The average Bonchev–Trinajstić information content (AvgIpc) is 2.74. The van der Waals surface area contributed by atoms with Gasteiger partial charge in [0.25, 0.3) is 0 Å². The Hall–Kier alpha value is -0.890. The van der Waals surface area contributed by atoms with E-state index in [0.717, 1.165) is 24.9 Å². The van der Waals surface area contributed by atoms with Crippen molar-refractivity contribution >= 4 is 0 Å². The van der Waals surface area contributed by atoms with Crippen LogP contribution >= 0.6 is 0 Å². The molecule has 1 aliphatic carbocycles. The lowest BCUT2D eigenvalue weighted by atomic mass is 9.87. The fraction of sp³-hybridized carbons (Fsp3) is 0.667. The van der Waals surface area contributed by atoms with Gasteiger partial charge in [0, 0.05) is 6.04 Å². The van der Waals surface area contributed by atoms with E-state index < -0.39 is 0 Å². The summed E-state index contributed by atoms with van der Waals surface area (Å²) in [6.45, 7) is 3.23. The number of hydrogen-bond acceptors (Lipinski definition) is 1. The zero-order valence-corrected chi connectivity index (χ0v) is 12.7. The molecular formula is C18H28FN. The van der Waals surface area contributed by atoms with Crippen LogP contribution in [0.1, 0.15) is 57.4 Å². The maximum Gasteiger partial charge on any atom is 0.126 e. The van der Waals surface area contributed by atoms with Crippen LogP contribution in [0, 0.1) is 11.7 Å². The molecule has 0 bridgehead atoms. The monoisotopic (exact) mass is 277 g/mol. The van der Waals surface area contributed by atoms with E-state index in [1.807, 2.05) is 12.1 Å². The largest absolute Gasteiger partial charge is 0.313 e. The van der Waals surface area contributed by atoms with Crippen LogP contribution in [-0.4, -0.2) is 12.6 Å². The van der Waals surface area contributed by atoms with Crippen LogP contribution < -0.4 is 5.32 Å². The van der Waals surface area contributed by atoms with Crippen molar-refractivity contribution in [2.75, 3.05) is 6.54 Å². The summed E-state index contributed by atoms with van der Waals surface area (Å²) < 4.78 is 13.9. The van der Waals surface area contributed by atoms with Crippen LogP contribution in [0.4, 0.5) is 4.39 Å². The van der Waals surface area contributed by atoms with Gasteiger partial charge >= 0.3 is 0 Å². The van der Waals surface area contributed by atoms with E-state index in [1.165, 1.54) is 38.5 Å². The predicted molar refractivity (Wildman–Crippen MR) is 83.4 cm³/mol. The SMILES string of the molecule is CCCNC(Cc1ccccc1F)C1CCCCCC1. The second kappa shape index (κ2) is 8.41. The Kier molecular flexibility index (Phi) is 6.52. The lowest BCUT2D eigenvalue weighted by Gasteiger charge is -2.27. The van der Waals surface area contributed by atoms with Crippen LogP contribution in [0.2, 0.25) is 0 Å². The second-order valence-electron chi connectivity index (χ2n) is 6.11. The minimum Gasteiger partial charge on any atom is -0.313 e. The molecule has 0 aliphatic heterocycles. The summed E-state index contributed by atoms with van der Waals surface area (Å²) in [5.41, 5.74) is 0.866. The highest BCUT2D eigenvalue weighted by Gasteiger charge is 2.23. The summed E-state index contributed by atoms with van der Waals surface area (Å²) in [6.07, 6.45) is 10.00. The summed E-state index contributed by atoms with van der Waals surface area (Å²) >= 11 is 0. The zero-order valence-electron chi connectivity index (χ0n) is 12.7. The molecule has 1 fully saturated rings. The van der Waals surface area contributed by atoms with E-state index in [-0.39, 0.29) is 5.82 Å². The smallest absolute Gasteiger partial charge is 0.126 e. The zero-order chi connectivity index (χ0) is 14.2. The molecule has 2 rings (SSSR count). The summed E-state index contributed by atoms with van der Waals surface area (Å²) in [4.78, 5) is 0. The lowest BCUT2D eigenvalue weighted by Crippen LogP contribution is -2.38. The Morgan fingerprint density at radius 3 is 2.50 bits per heavy atom. The molecule has 0 spiro atoms. The summed E-state index contributed by atoms with van der Waals surface area (Å²) in [5, 5.41) is 3.68. The normalized spacial score (nSPS) is 18.7. The summed E-state index contributed by atoms with van der Waals surface area (Å²) in [7, 11) is 0. The molecule has 1 aromatic carbocycles. The third-order valence-electron chi connectivity index (χ3n) is 4.52. The fourth-order valence-electron chi connectivity index (χ4n) is 3.35. The maximum absolute atomic E-state index is 13.9. The third kappa shape index (κ3) is 4.59. The van der Waals surface area contributed by atoms with Crippen molar-refractivity contribution < 1.29 is 4.39 Å². The van der Waals surface area contributed by atoms with Gasteiger partial charge in [-0.05, 0) is 49.8 Å². The highest BCUT2D eigenvalue weighted by molar-refractivity contribution is 5.18. The van der Waals surface area contributed by atoms with Gasteiger partial charge in [-0.25, -0.2) is 4.39 Å². The minimum absolute atomic E-state index is 0.0515. The Labute approximate surface area is 123 Å². The van der Waals surface area contributed by atoms with Gasteiger partial charge in [0.15, 0.2) is 0 Å². The van der Waals surface area contributed by atoms with Crippen molar-refractivity contribution in [3.8, 4) is 0 Å². The van der Waals surface area contributed by atoms with Crippen molar-refractivity contribution in [3.05, 3.63) is 35.6 Å². The first-order chi connectivity index (χ1) is 9.81. The minimum atomic E-state index is -0.0515. The molecule has 0 aromatic heterocycles. The van der Waals surface area contributed by atoms with Gasteiger partial charge in [-0.2, -0.15) is 0 Å². The van der Waals surface area contributed by atoms with Crippen molar-refractivity contribution in [3.63, 3.8) is 0 Å². The molecule has 20 heavy (non-hydrogen) atoms. The van der Waals surface area contributed by atoms with Gasteiger partial charge in [0.2, 0.25) is 0 Å². The molecule has 1 aromatic rings. The molecule has 0 heterocycles. The van der Waals surface area contributed by atoms with Gasteiger partial charge in [-0.1, -0.05) is 50.8 Å². The molecule has 2 heteroatoms. The molecule has 0 amide bonds. The molecule has 0 saturated heterocycles. The highest BCUT2D eigenvalue weighted by Crippen LogP contribution is 2.27. The molecule has 1 atom stereocenters. The highest BCUT2D eigenvalue weighted by atomic mass is 19.1. The quantitative estimate of drug-likeness (QED) is 0.743. The third-order valence-corrected chi connectivity index (χ3v) is 4.52. The second-order valence-corrected chi connectivity index (χ2v) is 6.11. The maximum atomic E-state index is 13.9. The van der Waals surface area contributed by atoms with Crippen LogP contribution in [-0.2, 0) is 6.42 Å². The molecular weight excluding hydrogens is 249 g/mol. The van der Waals surface area contributed by atoms with Gasteiger partial charge < -0.3 is 5.32 Å². The number of hydrogen-bond donors (Lipinski definition) is 1. The topological polar surface area (TPSA) is 12.0 Å². The van der Waals surface area contributed by atoms with Crippen LogP contribution in [0.25, 0.3) is 0 Å². The Bertz CT molecular complexity index is 383. The number of rotatable bonds is 6. The molecule has 1 aliphatic rings. The first kappa shape index (κ1) is 15.5. The van der Waals surface area contributed by atoms with Gasteiger partial charge in [0.1, 0.15) is 5.82 Å². The Morgan fingerprint density at radius 1 is 1.15 bits per heavy atom. The average molecular weight is 277 g/mol. The fourth-order valence-corrected chi connectivity index (χ4v) is 3.35. The van der Waals surface area contributed by atoms with Gasteiger partial charge in [-0.15, -0.1) is 0 Å². The number of nitrogens with one attached hydrogen (secondary N) is 1. The van der Waals surface area contributed by atoms with Crippen LogP contribution in [0.3, 0.4) is 0 Å². The van der Waals surface area contributed by atoms with Crippen LogP contribution in [0.15, 0.2) is 24.3 Å². The first-order valence-corrected chi connectivity index (χ1v) is 8.28. The van der Waals surface area contributed by atoms with E-state index in [9.17, 15) is 4.39 Å². The standard InChI is InChI=1S/C18H28FN/c1-2-13-20-18(15-9-5-3-4-6-10-15)14-16-11-7-8-12-17(16)19/h7-8,11-12,15,18,20H,2-6,9-10,13-14H2,1H3. The Balaban J connectivity index is 2.04. The van der Waals surface area contributed by atoms with E-state index in [1.54, 1.807) is 12.1 Å². The molecule has 1 nitrogen and oxygen atoms in total. The van der Waals surface area contributed by atoms with Crippen LogP contribution in [0.5, 0.6) is 0 Å². The Morgan fingerprint density at radius 2 is 1.85 bits per heavy atom. The molecule has 112 valence electrons. The predicted octanol–water partition coefficient (Wildman–Crippen LogP) is 4.71. The van der Waals surface area contributed by atoms with Gasteiger partial charge in [0.05, 0.1) is 0 Å². The van der Waals surface area contributed by atoms with E-state index in [4.69, 9.17) is 0 Å². The van der Waals surface area contributed by atoms with Gasteiger partial charge in [-0.3, -0.25) is 0 Å². The van der Waals surface area contributed by atoms with Crippen molar-refractivity contribution in [2.45, 2.75) is 64.3 Å². The van der Waals surface area contributed by atoms with Crippen molar-refractivity contribution in [2.24, 2.45) is 5.92 Å². The van der Waals surface area contributed by atoms with E-state index >= 15 is 0 Å². The first-order valence-electron chi connectivity index (χ1n) is 8.28. The molecule has 1 N–H and O–H groups in total. The lowest BCUT2D eigenvalue weighted by molar-refractivity contribution is 0.315. The van der Waals surface area contributed by atoms with Crippen molar-refractivity contribution in [1.29, 1.82) is 0 Å². The summed E-state index contributed by atoms with van der Waals surface area (Å²) in [5.74, 6) is 0.660. The molecule has 1 saturated carbocycles. The van der Waals surface area contributed by atoms with E-state index in [2.05, 4.69) is 12.2 Å². The molecule has 0 radical (unpaired) electrons.